The van der Waals surface area contributed by atoms with Gasteiger partial charge in [0.05, 0.1) is 20.3 Å². The van der Waals surface area contributed by atoms with Gasteiger partial charge in [-0.15, -0.1) is 0 Å². The maximum Gasteiger partial charge on any atom is 0.355 e. The third-order valence-electron chi connectivity index (χ3n) is 4.91. The van der Waals surface area contributed by atoms with E-state index in [-0.39, 0.29) is 17.8 Å². The minimum Gasteiger partial charge on any atom is -0.497 e. The number of rotatable bonds is 5. The molecule has 1 aliphatic rings. The van der Waals surface area contributed by atoms with Crippen LogP contribution in [-0.4, -0.2) is 37.1 Å². The molecule has 0 radical (unpaired) electrons. The summed E-state index contributed by atoms with van der Waals surface area (Å²) in [5.74, 6) is 0.971. The van der Waals surface area contributed by atoms with Crippen molar-refractivity contribution in [1.82, 2.24) is 4.98 Å². The Bertz CT molecular complexity index is 881. The first-order chi connectivity index (χ1) is 12.8. The van der Waals surface area contributed by atoms with Crippen LogP contribution in [-0.2, 0) is 11.2 Å². The van der Waals surface area contributed by atoms with Crippen molar-refractivity contribution in [3.63, 3.8) is 0 Å². The monoisotopic (exact) mass is 371 g/mol. The van der Waals surface area contributed by atoms with Crippen molar-refractivity contribution in [1.29, 1.82) is 0 Å². The van der Waals surface area contributed by atoms with Crippen LogP contribution in [0.3, 0.4) is 0 Å². The Morgan fingerprint density at radius 3 is 2.56 bits per heavy atom. The molecule has 0 bridgehead atoms. The highest BCUT2D eigenvalue weighted by Gasteiger charge is 2.33. The maximum absolute atomic E-state index is 12.9. The second-order valence-corrected chi connectivity index (χ2v) is 7.07. The number of aromatic nitrogens is 1. The van der Waals surface area contributed by atoms with Crippen LogP contribution in [0.2, 0.25) is 0 Å². The molecule has 1 aromatic heterocycles. The molecule has 27 heavy (non-hydrogen) atoms. The topological polar surface area (TPSA) is 77.6 Å². The fourth-order valence-electron chi connectivity index (χ4n) is 3.69. The number of H-pyrrole nitrogens is 1. The molecular formula is C21H25NO5. The van der Waals surface area contributed by atoms with E-state index in [0.29, 0.717) is 35.4 Å². The summed E-state index contributed by atoms with van der Waals surface area (Å²) in [6.07, 6.45) is 0.746. The molecule has 1 aromatic carbocycles. The minimum atomic E-state index is -0.430. The summed E-state index contributed by atoms with van der Waals surface area (Å²) >= 11 is 0. The molecule has 0 fully saturated rings. The van der Waals surface area contributed by atoms with Crippen LogP contribution in [0.1, 0.15) is 63.9 Å². The Hall–Kier alpha value is -2.76. The first-order valence-electron chi connectivity index (χ1n) is 9.03. The lowest BCUT2D eigenvalue weighted by Gasteiger charge is -2.24. The van der Waals surface area contributed by atoms with Crippen molar-refractivity contribution in [3.05, 3.63) is 46.3 Å². The van der Waals surface area contributed by atoms with E-state index in [4.69, 9.17) is 14.2 Å². The average molecular weight is 371 g/mol. The van der Waals surface area contributed by atoms with Crippen LogP contribution in [0.15, 0.2) is 18.2 Å². The summed E-state index contributed by atoms with van der Waals surface area (Å²) in [6.45, 7) is 5.38. The number of fused-ring (bicyclic) bond motifs is 1. The van der Waals surface area contributed by atoms with Gasteiger partial charge in [-0.05, 0) is 51.0 Å². The van der Waals surface area contributed by atoms with Crippen LogP contribution in [0.25, 0.3) is 0 Å². The Kier molecular flexibility index (Phi) is 5.26. The highest BCUT2D eigenvalue weighted by molar-refractivity contribution is 6.03. The lowest BCUT2D eigenvalue weighted by Crippen LogP contribution is -2.19. The Labute approximate surface area is 158 Å². The predicted octanol–water partition coefficient (Wildman–Crippen LogP) is 3.82. The van der Waals surface area contributed by atoms with Gasteiger partial charge >= 0.3 is 5.97 Å². The number of Topliss-reactive ketones (excluding diaryl/α,β-unsaturated/α-hetero) is 1. The quantitative estimate of drug-likeness (QED) is 0.809. The highest BCUT2D eigenvalue weighted by Crippen LogP contribution is 2.40. The van der Waals surface area contributed by atoms with E-state index < -0.39 is 5.97 Å². The first kappa shape index (κ1) is 19.0. The zero-order valence-corrected chi connectivity index (χ0v) is 16.3. The molecule has 3 rings (SSSR count). The number of carbonyl (C=O) groups is 2. The lowest BCUT2D eigenvalue weighted by atomic mass is 9.81. The van der Waals surface area contributed by atoms with Gasteiger partial charge in [-0.1, -0.05) is 0 Å². The van der Waals surface area contributed by atoms with Crippen molar-refractivity contribution in [2.45, 2.75) is 45.6 Å². The van der Waals surface area contributed by atoms with Gasteiger partial charge in [0.15, 0.2) is 5.78 Å². The Balaban J connectivity index is 1.98. The summed E-state index contributed by atoms with van der Waals surface area (Å²) in [6, 6.07) is 5.59. The van der Waals surface area contributed by atoms with Crippen LogP contribution >= 0.6 is 0 Å². The summed E-state index contributed by atoms with van der Waals surface area (Å²) in [7, 11) is 3.22. The predicted molar refractivity (Wildman–Crippen MR) is 101 cm³/mol. The SMILES string of the molecule is COc1ccc(OC)c([C@H]2CC(=O)c3c([nH]c(C(=O)OC(C)C)c3C)C2)c1. The smallest absolute Gasteiger partial charge is 0.355 e. The molecule has 0 aliphatic heterocycles. The number of hydrogen-bond donors (Lipinski definition) is 1. The number of aromatic amines is 1. The van der Waals surface area contributed by atoms with E-state index in [1.165, 1.54) is 0 Å². The third-order valence-corrected chi connectivity index (χ3v) is 4.91. The van der Waals surface area contributed by atoms with Crippen LogP contribution in [0.5, 0.6) is 11.5 Å². The van der Waals surface area contributed by atoms with Gasteiger partial charge in [0.25, 0.3) is 0 Å². The normalized spacial score (nSPS) is 16.2. The van der Waals surface area contributed by atoms with Crippen molar-refractivity contribution in [2.75, 3.05) is 14.2 Å². The standard InChI is InChI=1S/C21H25NO5/c1-11(2)27-21(24)20-12(3)19-16(22-20)8-13(9-17(19)23)15-10-14(25-4)6-7-18(15)26-5/h6-7,10-11,13,22H,8-9H2,1-5H3/t13-/m1/s1. The van der Waals surface area contributed by atoms with Crippen molar-refractivity contribution in [3.8, 4) is 11.5 Å². The number of esters is 1. The number of ether oxygens (including phenoxy) is 3. The molecule has 0 saturated heterocycles. The zero-order valence-electron chi connectivity index (χ0n) is 16.3. The molecule has 1 N–H and O–H groups in total. The maximum atomic E-state index is 12.9. The Morgan fingerprint density at radius 2 is 1.93 bits per heavy atom. The van der Waals surface area contributed by atoms with Gasteiger partial charge in [-0.3, -0.25) is 4.79 Å². The summed E-state index contributed by atoms with van der Waals surface area (Å²) < 4.78 is 16.1. The van der Waals surface area contributed by atoms with Crippen LogP contribution in [0, 0.1) is 6.92 Å². The zero-order chi connectivity index (χ0) is 19.7. The average Bonchev–Trinajstić information content (AvgIpc) is 2.97. The van der Waals surface area contributed by atoms with Gasteiger partial charge in [0.1, 0.15) is 17.2 Å². The number of benzene rings is 1. The van der Waals surface area contributed by atoms with Crippen LogP contribution < -0.4 is 9.47 Å². The van der Waals surface area contributed by atoms with Gasteiger partial charge < -0.3 is 19.2 Å². The number of methoxy groups -OCH3 is 2. The van der Waals surface area contributed by atoms with Crippen molar-refractivity contribution in [2.24, 2.45) is 0 Å². The minimum absolute atomic E-state index is 0.0171. The summed E-state index contributed by atoms with van der Waals surface area (Å²) in [4.78, 5) is 28.3. The van der Waals surface area contributed by atoms with Crippen molar-refractivity contribution < 1.29 is 23.8 Å². The molecule has 0 unspecified atom stereocenters. The molecule has 1 aliphatic carbocycles. The summed E-state index contributed by atoms with van der Waals surface area (Å²) in [5.41, 5.74) is 3.34. The van der Waals surface area contributed by atoms with Gasteiger partial charge in [0, 0.05) is 29.2 Å². The molecule has 1 atom stereocenters. The number of ketones is 1. The fourth-order valence-corrected chi connectivity index (χ4v) is 3.69. The van der Waals surface area contributed by atoms with E-state index in [0.717, 1.165) is 17.0 Å². The van der Waals surface area contributed by atoms with E-state index in [1.807, 2.05) is 18.2 Å². The number of hydrogen-bond acceptors (Lipinski definition) is 5. The first-order valence-corrected chi connectivity index (χ1v) is 9.03. The molecule has 0 spiro atoms. The van der Waals surface area contributed by atoms with Crippen molar-refractivity contribution >= 4 is 11.8 Å². The molecule has 0 saturated carbocycles. The molecule has 6 nitrogen and oxygen atoms in total. The molecule has 1 heterocycles. The third kappa shape index (κ3) is 3.56. The molecule has 0 amide bonds. The Morgan fingerprint density at radius 1 is 1.19 bits per heavy atom. The van der Waals surface area contributed by atoms with Gasteiger partial charge in [-0.2, -0.15) is 0 Å². The molecule has 2 aromatic rings. The fraction of sp³-hybridized carbons (Fsp3) is 0.429. The largest absolute Gasteiger partial charge is 0.497 e. The van der Waals surface area contributed by atoms with Crippen LogP contribution in [0.4, 0.5) is 0 Å². The molecular weight excluding hydrogens is 346 g/mol. The number of carbonyl (C=O) groups excluding carboxylic acids is 2. The number of nitrogens with one attached hydrogen (secondary N) is 1. The molecule has 144 valence electrons. The second kappa shape index (κ2) is 7.47. The van der Waals surface area contributed by atoms with E-state index in [1.54, 1.807) is 35.0 Å². The van der Waals surface area contributed by atoms with Gasteiger partial charge in [0.2, 0.25) is 0 Å². The summed E-state index contributed by atoms with van der Waals surface area (Å²) in [5, 5.41) is 0. The molecule has 6 heteroatoms. The van der Waals surface area contributed by atoms with E-state index in [9.17, 15) is 9.59 Å². The second-order valence-electron chi connectivity index (χ2n) is 7.07. The van der Waals surface area contributed by atoms with E-state index >= 15 is 0 Å². The highest BCUT2D eigenvalue weighted by atomic mass is 16.5. The lowest BCUT2D eigenvalue weighted by molar-refractivity contribution is 0.0370. The van der Waals surface area contributed by atoms with E-state index in [2.05, 4.69) is 4.98 Å². The van der Waals surface area contributed by atoms with Gasteiger partial charge in [-0.25, -0.2) is 4.79 Å².